The van der Waals surface area contributed by atoms with Crippen molar-refractivity contribution in [2.45, 2.75) is 11.3 Å². The summed E-state index contributed by atoms with van der Waals surface area (Å²) in [5.41, 5.74) is -0.240. The maximum absolute atomic E-state index is 12.7. The highest BCUT2D eigenvalue weighted by Crippen LogP contribution is 2.27. The van der Waals surface area contributed by atoms with Gasteiger partial charge in [0.1, 0.15) is 5.52 Å². The van der Waals surface area contributed by atoms with Gasteiger partial charge >= 0.3 is 5.97 Å². The van der Waals surface area contributed by atoms with Gasteiger partial charge in [-0.15, -0.1) is 0 Å². The zero-order valence-electron chi connectivity index (χ0n) is 13.6. The molecule has 3 aromatic rings. The number of hydrogen-bond donors (Lipinski definition) is 3. The third kappa shape index (κ3) is 2.73. The number of hydrogen-bond acceptors (Lipinski definition) is 5. The number of aromatic amines is 2. The Morgan fingerprint density at radius 2 is 2.12 bits per heavy atom. The molecule has 0 unspecified atom stereocenters. The number of nitrogens with zero attached hydrogens (tertiary/aromatic N) is 2. The van der Waals surface area contributed by atoms with Crippen molar-refractivity contribution in [2.75, 3.05) is 13.6 Å². The lowest BCUT2D eigenvalue weighted by Gasteiger charge is -2.16. The van der Waals surface area contributed by atoms with Gasteiger partial charge in [0.15, 0.2) is 0 Å². The number of carboxylic acid groups (broad SMARTS) is 1. The summed E-state index contributed by atoms with van der Waals surface area (Å²) in [6.45, 7) is 0.0302. The summed E-state index contributed by atoms with van der Waals surface area (Å²) in [5.74, 6) is -1.23. The van der Waals surface area contributed by atoms with Crippen LogP contribution >= 0.6 is 0 Å². The largest absolute Gasteiger partial charge is 0.478 e. The second-order valence-corrected chi connectivity index (χ2v) is 7.70. The Morgan fingerprint density at radius 3 is 2.77 bits per heavy atom. The molecule has 0 saturated heterocycles. The van der Waals surface area contributed by atoms with E-state index in [9.17, 15) is 23.1 Å². The molecule has 26 heavy (non-hydrogen) atoms. The lowest BCUT2D eigenvalue weighted by Crippen LogP contribution is -2.27. The normalized spacial score (nSPS) is 11.9. The number of aromatic nitrogens is 2. The molecule has 9 nitrogen and oxygen atoms in total. The Labute approximate surface area is 147 Å². The smallest absolute Gasteiger partial charge is 0.337 e. The van der Waals surface area contributed by atoms with Crippen molar-refractivity contribution >= 4 is 37.8 Å². The van der Waals surface area contributed by atoms with E-state index in [4.69, 9.17) is 5.26 Å². The fraction of sp³-hybridized carbons (Fsp3) is 0.188. The second kappa shape index (κ2) is 6.29. The van der Waals surface area contributed by atoms with Crippen LogP contribution in [0.1, 0.15) is 16.8 Å². The van der Waals surface area contributed by atoms with Crippen LogP contribution in [0.25, 0.3) is 21.8 Å². The number of rotatable bonds is 5. The lowest BCUT2D eigenvalue weighted by atomic mass is 10.1. The van der Waals surface area contributed by atoms with E-state index in [1.54, 1.807) is 0 Å². The van der Waals surface area contributed by atoms with Crippen molar-refractivity contribution in [1.29, 1.82) is 5.26 Å². The zero-order valence-corrected chi connectivity index (χ0v) is 14.4. The van der Waals surface area contributed by atoms with E-state index in [1.807, 2.05) is 6.07 Å². The second-order valence-electron chi connectivity index (χ2n) is 5.65. The molecule has 0 fully saturated rings. The molecule has 134 valence electrons. The minimum Gasteiger partial charge on any atom is -0.478 e. The standard InChI is InChI=1S/C16H14N4O5S/c1-20(6-2-5-17)26(24,25)9-3-4-12-10(7-9)13-11(16(22)23)8-18-14(13)15(21)19-12/h3-4,7-8,18H,2,6H2,1H3,(H,19,21)(H,22,23). The number of H-pyrrole nitrogens is 2. The van der Waals surface area contributed by atoms with Crippen LogP contribution in [-0.4, -0.2) is 47.4 Å². The van der Waals surface area contributed by atoms with Crippen LogP contribution in [0.4, 0.5) is 0 Å². The molecular formula is C16H14N4O5S. The molecule has 2 aromatic heterocycles. The van der Waals surface area contributed by atoms with Crippen LogP contribution in [0.2, 0.25) is 0 Å². The Kier molecular flexibility index (Phi) is 4.27. The third-order valence-corrected chi connectivity index (χ3v) is 5.95. The number of sulfonamides is 1. The maximum atomic E-state index is 12.7. The fourth-order valence-electron chi connectivity index (χ4n) is 2.74. The predicted molar refractivity (Wildman–Crippen MR) is 93.4 cm³/mol. The monoisotopic (exact) mass is 374 g/mol. The molecule has 0 amide bonds. The Morgan fingerprint density at radius 1 is 1.38 bits per heavy atom. The van der Waals surface area contributed by atoms with Crippen LogP contribution in [0.15, 0.2) is 34.1 Å². The highest BCUT2D eigenvalue weighted by molar-refractivity contribution is 7.89. The summed E-state index contributed by atoms with van der Waals surface area (Å²) >= 11 is 0. The summed E-state index contributed by atoms with van der Waals surface area (Å²) in [6, 6.07) is 5.95. The molecule has 0 saturated carbocycles. The van der Waals surface area contributed by atoms with Crippen molar-refractivity contribution in [3.63, 3.8) is 0 Å². The summed E-state index contributed by atoms with van der Waals surface area (Å²) in [6.07, 6.45) is 1.24. The van der Waals surface area contributed by atoms with Crippen LogP contribution in [-0.2, 0) is 10.0 Å². The molecule has 0 aliphatic carbocycles. The number of aromatic carboxylic acids is 1. The molecule has 1 aromatic carbocycles. The van der Waals surface area contributed by atoms with Gasteiger partial charge < -0.3 is 15.1 Å². The Balaban J connectivity index is 2.29. The van der Waals surface area contributed by atoms with Crippen molar-refractivity contribution in [1.82, 2.24) is 14.3 Å². The van der Waals surface area contributed by atoms with Crippen molar-refractivity contribution in [3.8, 4) is 6.07 Å². The zero-order chi connectivity index (χ0) is 19.1. The summed E-state index contributed by atoms with van der Waals surface area (Å²) in [7, 11) is -2.51. The molecule has 0 radical (unpaired) electrons. The number of nitrogens with one attached hydrogen (secondary N) is 2. The molecule has 0 atom stereocenters. The summed E-state index contributed by atoms with van der Waals surface area (Å²) in [4.78, 5) is 28.7. The van der Waals surface area contributed by atoms with Crippen molar-refractivity contribution in [2.24, 2.45) is 0 Å². The van der Waals surface area contributed by atoms with Gasteiger partial charge in [-0.2, -0.15) is 9.57 Å². The number of carboxylic acids is 1. The first-order valence-electron chi connectivity index (χ1n) is 7.51. The van der Waals surface area contributed by atoms with E-state index in [2.05, 4.69) is 9.97 Å². The van der Waals surface area contributed by atoms with E-state index in [1.165, 1.54) is 31.4 Å². The average Bonchev–Trinajstić information content (AvgIpc) is 3.05. The molecule has 0 aliphatic rings. The van der Waals surface area contributed by atoms with Crippen LogP contribution in [0.5, 0.6) is 0 Å². The molecular weight excluding hydrogens is 360 g/mol. The average molecular weight is 374 g/mol. The van der Waals surface area contributed by atoms with Crippen molar-refractivity contribution < 1.29 is 18.3 Å². The van der Waals surface area contributed by atoms with Gasteiger partial charge in [-0.05, 0) is 18.2 Å². The molecule has 10 heteroatoms. The van der Waals surface area contributed by atoms with E-state index in [-0.39, 0.29) is 34.3 Å². The SMILES string of the molecule is CN(CCC#N)S(=O)(=O)c1ccc2[nH]c(=O)c3[nH]cc(C(=O)O)c3c2c1. The first kappa shape index (κ1) is 17.7. The first-order valence-corrected chi connectivity index (χ1v) is 8.95. The highest BCUT2D eigenvalue weighted by Gasteiger charge is 2.23. The van der Waals surface area contributed by atoms with Gasteiger partial charge in [-0.1, -0.05) is 0 Å². The number of benzene rings is 1. The lowest BCUT2D eigenvalue weighted by molar-refractivity contribution is 0.0699. The summed E-state index contributed by atoms with van der Waals surface area (Å²) in [5, 5.41) is 18.4. The van der Waals surface area contributed by atoms with Gasteiger partial charge in [-0.3, -0.25) is 4.79 Å². The quantitative estimate of drug-likeness (QED) is 0.612. The van der Waals surface area contributed by atoms with Gasteiger partial charge in [0.05, 0.1) is 16.5 Å². The van der Waals surface area contributed by atoms with Gasteiger partial charge in [-0.25, -0.2) is 13.2 Å². The Hall–Kier alpha value is -3.16. The molecule has 3 rings (SSSR count). The molecule has 0 bridgehead atoms. The van der Waals surface area contributed by atoms with Crippen LogP contribution < -0.4 is 5.56 Å². The topological polar surface area (TPSA) is 147 Å². The molecule has 3 N–H and O–H groups in total. The minimum absolute atomic E-state index is 0.0302. The Bertz CT molecular complexity index is 1230. The highest BCUT2D eigenvalue weighted by atomic mass is 32.2. The van der Waals surface area contributed by atoms with Crippen LogP contribution in [0.3, 0.4) is 0 Å². The summed E-state index contributed by atoms with van der Waals surface area (Å²) < 4.78 is 26.4. The first-order chi connectivity index (χ1) is 12.3. The van der Waals surface area contributed by atoms with Crippen molar-refractivity contribution in [3.05, 3.63) is 40.3 Å². The van der Waals surface area contributed by atoms with E-state index in [0.717, 1.165) is 4.31 Å². The number of carbonyl (C=O) groups is 1. The number of fused-ring (bicyclic) bond motifs is 3. The third-order valence-electron chi connectivity index (χ3n) is 4.09. The van der Waals surface area contributed by atoms with Gasteiger partial charge in [0, 0.05) is 42.5 Å². The van der Waals surface area contributed by atoms with E-state index in [0.29, 0.717) is 10.9 Å². The number of nitriles is 1. The minimum atomic E-state index is -3.87. The van der Waals surface area contributed by atoms with Gasteiger partial charge in [0.2, 0.25) is 10.0 Å². The molecule has 2 heterocycles. The van der Waals surface area contributed by atoms with Crippen LogP contribution in [0, 0.1) is 11.3 Å². The van der Waals surface area contributed by atoms with E-state index < -0.39 is 21.6 Å². The number of pyridine rings is 1. The maximum Gasteiger partial charge on any atom is 0.337 e. The van der Waals surface area contributed by atoms with Gasteiger partial charge in [0.25, 0.3) is 5.56 Å². The fourth-order valence-corrected chi connectivity index (χ4v) is 3.94. The molecule has 0 aliphatic heterocycles. The molecule has 0 spiro atoms. The van der Waals surface area contributed by atoms with E-state index >= 15 is 0 Å². The predicted octanol–water partition coefficient (Wildman–Crippen LogP) is 1.24.